The van der Waals surface area contributed by atoms with Crippen LogP contribution < -0.4 is 10.2 Å². The number of carboxylic acids is 1. The topological polar surface area (TPSA) is 97.0 Å². The first-order valence-electron chi connectivity index (χ1n) is 8.76. The average molecular weight is 380 g/mol. The predicted molar refractivity (Wildman–Crippen MR) is 106 cm³/mol. The summed E-state index contributed by atoms with van der Waals surface area (Å²) < 4.78 is 11.6. The summed E-state index contributed by atoms with van der Waals surface area (Å²) in [6, 6.07) is 11.1. The van der Waals surface area contributed by atoms with E-state index in [1.165, 1.54) is 18.2 Å². The number of carbonyl (C=O) groups is 1. The molecule has 2 aromatic carbocycles. The van der Waals surface area contributed by atoms with Crippen LogP contribution in [0.25, 0.3) is 22.3 Å². The van der Waals surface area contributed by atoms with Crippen molar-refractivity contribution in [2.24, 2.45) is 0 Å². The number of hydrogen-bond donors (Lipinski definition) is 2. The molecule has 3 rings (SSSR count). The van der Waals surface area contributed by atoms with Crippen molar-refractivity contribution in [2.75, 3.05) is 6.61 Å². The lowest BCUT2D eigenvalue weighted by molar-refractivity contribution is 0.0697. The molecule has 144 valence electrons. The fraction of sp³-hybridized carbons (Fsp3) is 0.182. The molecule has 0 spiro atoms. The van der Waals surface area contributed by atoms with E-state index in [2.05, 4.69) is 6.58 Å². The maximum Gasteiger partial charge on any atom is 0.335 e. The number of allylic oxidation sites excluding steroid dienone is 1. The van der Waals surface area contributed by atoms with E-state index < -0.39 is 12.1 Å². The van der Waals surface area contributed by atoms with Crippen LogP contribution in [0.1, 0.15) is 22.8 Å². The summed E-state index contributed by atoms with van der Waals surface area (Å²) in [5.74, 6) is -0.349. The number of para-hydroxylation sites is 1. The second-order valence-corrected chi connectivity index (χ2v) is 6.44. The summed E-state index contributed by atoms with van der Waals surface area (Å²) in [7, 11) is 0. The fourth-order valence-corrected chi connectivity index (χ4v) is 2.90. The Morgan fingerprint density at radius 2 is 2.04 bits per heavy atom. The minimum Gasteiger partial charge on any atom is -0.490 e. The zero-order valence-electron chi connectivity index (χ0n) is 15.3. The van der Waals surface area contributed by atoms with Crippen LogP contribution >= 0.6 is 0 Å². The van der Waals surface area contributed by atoms with Crippen LogP contribution in [-0.2, 0) is 6.42 Å². The fourth-order valence-electron chi connectivity index (χ4n) is 2.90. The van der Waals surface area contributed by atoms with Gasteiger partial charge in [-0.15, -0.1) is 6.58 Å². The van der Waals surface area contributed by atoms with Crippen molar-refractivity contribution in [2.45, 2.75) is 19.4 Å². The molecule has 6 heteroatoms. The molecular formula is C22H20O6. The molecule has 2 N–H and O–H groups in total. The first-order valence-corrected chi connectivity index (χ1v) is 8.76. The van der Waals surface area contributed by atoms with Crippen LogP contribution in [0.5, 0.6) is 5.75 Å². The maximum atomic E-state index is 12.7. The van der Waals surface area contributed by atoms with Crippen LogP contribution in [0, 0.1) is 0 Å². The van der Waals surface area contributed by atoms with Gasteiger partial charge in [0.2, 0.25) is 0 Å². The van der Waals surface area contributed by atoms with Gasteiger partial charge in [0, 0.05) is 11.6 Å². The highest BCUT2D eigenvalue weighted by molar-refractivity contribution is 5.94. The first kappa shape index (κ1) is 19.4. The van der Waals surface area contributed by atoms with Crippen molar-refractivity contribution in [3.8, 4) is 17.1 Å². The number of aliphatic hydroxyl groups is 1. The van der Waals surface area contributed by atoms with E-state index in [4.69, 9.17) is 9.15 Å². The number of ether oxygens (including phenoxy) is 1. The van der Waals surface area contributed by atoms with Crippen LogP contribution in [0.4, 0.5) is 0 Å². The van der Waals surface area contributed by atoms with Crippen molar-refractivity contribution in [3.63, 3.8) is 0 Å². The highest BCUT2D eigenvalue weighted by Gasteiger charge is 2.16. The van der Waals surface area contributed by atoms with Gasteiger partial charge in [-0.1, -0.05) is 18.2 Å². The average Bonchev–Trinajstić information content (AvgIpc) is 2.67. The third-order valence-corrected chi connectivity index (χ3v) is 4.15. The van der Waals surface area contributed by atoms with E-state index in [9.17, 15) is 19.8 Å². The third kappa shape index (κ3) is 3.97. The zero-order valence-corrected chi connectivity index (χ0v) is 15.3. The number of fused-ring (bicyclic) bond motifs is 1. The molecule has 0 amide bonds. The Bertz CT molecular complexity index is 1090. The van der Waals surface area contributed by atoms with E-state index in [0.717, 1.165) is 0 Å². The molecule has 0 bridgehead atoms. The Kier molecular flexibility index (Phi) is 5.61. The number of aromatic carboxylic acids is 1. The van der Waals surface area contributed by atoms with Gasteiger partial charge in [-0.25, -0.2) is 4.79 Å². The van der Waals surface area contributed by atoms with Crippen LogP contribution in [0.2, 0.25) is 0 Å². The molecule has 0 fully saturated rings. The van der Waals surface area contributed by atoms with E-state index in [-0.39, 0.29) is 23.0 Å². The van der Waals surface area contributed by atoms with E-state index in [0.29, 0.717) is 34.6 Å². The summed E-state index contributed by atoms with van der Waals surface area (Å²) in [4.78, 5) is 24.1. The van der Waals surface area contributed by atoms with Gasteiger partial charge >= 0.3 is 5.97 Å². The summed E-state index contributed by atoms with van der Waals surface area (Å²) in [5, 5.41) is 19.0. The Hall–Kier alpha value is -3.38. The second-order valence-electron chi connectivity index (χ2n) is 6.44. The van der Waals surface area contributed by atoms with Gasteiger partial charge in [0.1, 0.15) is 23.7 Å². The summed E-state index contributed by atoms with van der Waals surface area (Å²) in [6.07, 6.45) is 1.32. The molecule has 0 saturated heterocycles. The lowest BCUT2D eigenvalue weighted by Gasteiger charge is -2.13. The number of aliphatic hydroxyl groups excluding tert-OH is 1. The van der Waals surface area contributed by atoms with Crippen molar-refractivity contribution in [1.82, 2.24) is 0 Å². The number of carboxylic acid groups (broad SMARTS) is 1. The standard InChI is InChI=1S/C22H20O6/c1-3-6-14-9-15(22(25)26)10-17-18(24)11-20(28-21(14)17)16-7-4-5-8-19(16)27-12-13(2)23/h3-5,7-11,13,23H,1,6,12H2,2H3,(H,25,26). The van der Waals surface area contributed by atoms with E-state index in [1.54, 1.807) is 37.3 Å². The minimum absolute atomic E-state index is 0.0186. The Labute approximate surface area is 161 Å². The van der Waals surface area contributed by atoms with E-state index in [1.807, 2.05) is 0 Å². The normalized spacial score (nSPS) is 11.9. The SMILES string of the molecule is C=CCc1cc(C(=O)O)cc2c(=O)cc(-c3ccccc3OCC(C)O)oc12. The molecule has 0 radical (unpaired) electrons. The third-order valence-electron chi connectivity index (χ3n) is 4.15. The molecule has 1 aromatic heterocycles. The molecule has 1 heterocycles. The van der Waals surface area contributed by atoms with Crippen molar-refractivity contribution in [3.05, 3.63) is 76.5 Å². The van der Waals surface area contributed by atoms with Crippen molar-refractivity contribution < 1.29 is 24.2 Å². The quantitative estimate of drug-likeness (QED) is 0.608. The monoisotopic (exact) mass is 380 g/mol. The molecule has 0 aliphatic rings. The lowest BCUT2D eigenvalue weighted by atomic mass is 10.0. The van der Waals surface area contributed by atoms with Crippen LogP contribution in [0.3, 0.4) is 0 Å². The highest BCUT2D eigenvalue weighted by atomic mass is 16.5. The lowest BCUT2D eigenvalue weighted by Crippen LogP contribution is -2.13. The van der Waals surface area contributed by atoms with Gasteiger partial charge < -0.3 is 19.4 Å². The molecule has 0 saturated carbocycles. The summed E-state index contributed by atoms with van der Waals surface area (Å²) in [5.41, 5.74) is 1.11. The van der Waals surface area contributed by atoms with Gasteiger partial charge in [0.15, 0.2) is 5.43 Å². The molecule has 1 unspecified atom stereocenters. The molecule has 6 nitrogen and oxygen atoms in total. The largest absolute Gasteiger partial charge is 0.490 e. The zero-order chi connectivity index (χ0) is 20.3. The smallest absolute Gasteiger partial charge is 0.335 e. The second kappa shape index (κ2) is 8.10. The maximum absolute atomic E-state index is 12.7. The molecule has 0 aliphatic heterocycles. The number of rotatable bonds is 7. The van der Waals surface area contributed by atoms with Gasteiger partial charge in [-0.05, 0) is 37.6 Å². The molecule has 1 atom stereocenters. The predicted octanol–water partition coefficient (Wildman–Crippen LogP) is 3.65. The van der Waals surface area contributed by atoms with Crippen molar-refractivity contribution in [1.29, 1.82) is 0 Å². The van der Waals surface area contributed by atoms with Gasteiger partial charge in [0.05, 0.1) is 22.6 Å². The molecule has 0 aliphatic carbocycles. The highest BCUT2D eigenvalue weighted by Crippen LogP contribution is 2.32. The van der Waals surface area contributed by atoms with Crippen molar-refractivity contribution >= 4 is 16.9 Å². The van der Waals surface area contributed by atoms with Crippen LogP contribution in [0.15, 0.2) is 64.3 Å². The molecule has 3 aromatic rings. The molecular weight excluding hydrogens is 360 g/mol. The number of hydrogen-bond acceptors (Lipinski definition) is 5. The first-order chi connectivity index (χ1) is 13.4. The Balaban J connectivity index is 2.21. The minimum atomic E-state index is -1.12. The number of benzene rings is 2. The Morgan fingerprint density at radius 3 is 2.71 bits per heavy atom. The van der Waals surface area contributed by atoms with Gasteiger partial charge in [-0.2, -0.15) is 0 Å². The molecule has 28 heavy (non-hydrogen) atoms. The Morgan fingerprint density at radius 1 is 1.29 bits per heavy atom. The van der Waals surface area contributed by atoms with E-state index >= 15 is 0 Å². The summed E-state index contributed by atoms with van der Waals surface area (Å²) >= 11 is 0. The van der Waals surface area contributed by atoms with Crippen LogP contribution in [-0.4, -0.2) is 28.9 Å². The summed E-state index contributed by atoms with van der Waals surface area (Å²) in [6.45, 7) is 5.39. The van der Waals surface area contributed by atoms with Gasteiger partial charge in [-0.3, -0.25) is 4.79 Å². The van der Waals surface area contributed by atoms with Gasteiger partial charge in [0.25, 0.3) is 0 Å².